The molecule has 0 fully saturated rings. The summed E-state index contributed by atoms with van der Waals surface area (Å²) in [4.78, 5) is 0. The van der Waals surface area contributed by atoms with E-state index in [4.69, 9.17) is 4.74 Å². The van der Waals surface area contributed by atoms with Crippen LogP contribution in [-0.2, 0) is 24.1 Å². The molecule has 0 aliphatic heterocycles. The minimum Gasteiger partial charge on any atom is -0.388 e. The van der Waals surface area contributed by atoms with Crippen molar-refractivity contribution in [3.05, 3.63) is 17.0 Å². The van der Waals surface area contributed by atoms with Crippen molar-refractivity contribution < 1.29 is 9.84 Å². The van der Waals surface area contributed by atoms with E-state index < -0.39 is 6.10 Å². The predicted octanol–water partition coefficient (Wildman–Crippen LogP) is 2.49. The van der Waals surface area contributed by atoms with Gasteiger partial charge < -0.3 is 9.84 Å². The summed E-state index contributed by atoms with van der Waals surface area (Å²) in [5.41, 5.74) is 3.22. The molecule has 1 aromatic heterocycles. The van der Waals surface area contributed by atoms with Crippen LogP contribution in [-0.4, -0.2) is 28.1 Å². The Morgan fingerprint density at radius 3 is 2.44 bits per heavy atom. The second kappa shape index (κ2) is 7.54. The molecule has 1 N–H and O–H groups in total. The second-order valence-electron chi connectivity index (χ2n) is 4.36. The van der Waals surface area contributed by atoms with Gasteiger partial charge in [-0.1, -0.05) is 20.8 Å². The molecule has 0 saturated heterocycles. The molecule has 4 heteroatoms. The molecule has 0 aliphatic carbocycles. The number of nitrogens with zero attached hydrogens (tertiary/aromatic N) is 2. The third-order valence-electron chi connectivity index (χ3n) is 3.22. The van der Waals surface area contributed by atoms with Crippen molar-refractivity contribution in [1.82, 2.24) is 9.78 Å². The Kier molecular flexibility index (Phi) is 6.36. The smallest absolute Gasteiger partial charge is 0.0823 e. The molecule has 104 valence electrons. The van der Waals surface area contributed by atoms with Crippen LogP contribution in [0.15, 0.2) is 0 Å². The first-order valence-electron chi connectivity index (χ1n) is 7.03. The topological polar surface area (TPSA) is 47.3 Å². The van der Waals surface area contributed by atoms with E-state index in [2.05, 4.69) is 18.9 Å². The highest BCUT2D eigenvalue weighted by Crippen LogP contribution is 2.25. The Balaban J connectivity index is 3.00. The zero-order valence-corrected chi connectivity index (χ0v) is 12.1. The lowest BCUT2D eigenvalue weighted by Gasteiger charge is -2.11. The van der Waals surface area contributed by atoms with Crippen molar-refractivity contribution in [3.8, 4) is 0 Å². The van der Waals surface area contributed by atoms with Gasteiger partial charge in [-0.3, -0.25) is 4.68 Å². The highest BCUT2D eigenvalue weighted by atomic mass is 16.5. The summed E-state index contributed by atoms with van der Waals surface area (Å²) in [6, 6.07) is 0. The zero-order valence-electron chi connectivity index (χ0n) is 12.1. The second-order valence-corrected chi connectivity index (χ2v) is 4.36. The van der Waals surface area contributed by atoms with Gasteiger partial charge in [0.25, 0.3) is 0 Å². The van der Waals surface area contributed by atoms with Gasteiger partial charge in [-0.2, -0.15) is 5.10 Å². The molecule has 1 rings (SSSR count). The number of aliphatic hydroxyl groups excluding tert-OH is 1. The molecular formula is C14H26N2O2. The maximum absolute atomic E-state index is 10.2. The van der Waals surface area contributed by atoms with Crippen LogP contribution in [0.2, 0.25) is 0 Å². The molecule has 0 bridgehead atoms. The summed E-state index contributed by atoms with van der Waals surface area (Å²) < 4.78 is 7.39. The third-order valence-corrected chi connectivity index (χ3v) is 3.22. The third kappa shape index (κ3) is 3.33. The molecule has 1 unspecified atom stereocenters. The van der Waals surface area contributed by atoms with Gasteiger partial charge in [-0.15, -0.1) is 0 Å². The fourth-order valence-corrected chi connectivity index (χ4v) is 2.27. The van der Waals surface area contributed by atoms with Crippen LogP contribution in [0.3, 0.4) is 0 Å². The maximum Gasteiger partial charge on any atom is 0.0823 e. The number of hydrogen-bond donors (Lipinski definition) is 1. The monoisotopic (exact) mass is 254 g/mol. The minimum atomic E-state index is -0.393. The summed E-state index contributed by atoms with van der Waals surface area (Å²) in [5.74, 6) is 0. The van der Waals surface area contributed by atoms with E-state index in [0.29, 0.717) is 6.61 Å². The molecule has 0 aromatic carbocycles. The molecule has 18 heavy (non-hydrogen) atoms. The van der Waals surface area contributed by atoms with Crippen LogP contribution in [0.4, 0.5) is 0 Å². The van der Waals surface area contributed by atoms with Gasteiger partial charge in [-0.25, -0.2) is 0 Å². The van der Waals surface area contributed by atoms with Crippen LogP contribution in [0.25, 0.3) is 0 Å². The van der Waals surface area contributed by atoms with E-state index >= 15 is 0 Å². The summed E-state index contributed by atoms with van der Waals surface area (Å²) in [5, 5.41) is 14.8. The Morgan fingerprint density at radius 1 is 1.22 bits per heavy atom. The van der Waals surface area contributed by atoms with Crippen LogP contribution in [0.1, 0.15) is 57.2 Å². The SMILES string of the molecule is CCOCCn1nc(CC)c(C(O)CC)c1CC. The Labute approximate surface area is 110 Å². The van der Waals surface area contributed by atoms with E-state index in [9.17, 15) is 5.11 Å². The lowest BCUT2D eigenvalue weighted by Crippen LogP contribution is -2.11. The number of rotatable bonds is 8. The molecule has 0 saturated carbocycles. The average molecular weight is 254 g/mol. The van der Waals surface area contributed by atoms with E-state index in [0.717, 1.165) is 49.4 Å². The molecule has 4 nitrogen and oxygen atoms in total. The van der Waals surface area contributed by atoms with Crippen molar-refractivity contribution in [2.24, 2.45) is 0 Å². The molecular weight excluding hydrogens is 228 g/mol. The number of aliphatic hydroxyl groups is 1. The minimum absolute atomic E-state index is 0.393. The molecule has 0 spiro atoms. The summed E-state index contributed by atoms with van der Waals surface area (Å²) >= 11 is 0. The maximum atomic E-state index is 10.2. The molecule has 0 radical (unpaired) electrons. The largest absolute Gasteiger partial charge is 0.388 e. The first-order chi connectivity index (χ1) is 8.69. The van der Waals surface area contributed by atoms with Gasteiger partial charge in [0.05, 0.1) is 24.9 Å². The van der Waals surface area contributed by atoms with Gasteiger partial charge >= 0.3 is 0 Å². The van der Waals surface area contributed by atoms with Gasteiger partial charge in [0.2, 0.25) is 0 Å². The van der Waals surface area contributed by atoms with E-state index in [1.54, 1.807) is 0 Å². The molecule has 1 heterocycles. The molecule has 0 aliphatic rings. The van der Waals surface area contributed by atoms with Crippen LogP contribution in [0, 0.1) is 0 Å². The average Bonchev–Trinajstić information content (AvgIpc) is 2.75. The number of hydrogen-bond acceptors (Lipinski definition) is 3. The van der Waals surface area contributed by atoms with Crippen molar-refractivity contribution in [3.63, 3.8) is 0 Å². The number of ether oxygens (including phenoxy) is 1. The van der Waals surface area contributed by atoms with Crippen molar-refractivity contribution in [2.75, 3.05) is 13.2 Å². The zero-order chi connectivity index (χ0) is 13.5. The summed E-state index contributed by atoms with van der Waals surface area (Å²) in [6.07, 6.45) is 2.10. The first kappa shape index (κ1) is 15.2. The standard InChI is InChI=1S/C14H26N2O2/c1-5-11-14(13(17)7-3)12(6-2)16(15-11)9-10-18-8-4/h13,17H,5-10H2,1-4H3. The van der Waals surface area contributed by atoms with Crippen molar-refractivity contribution in [2.45, 2.75) is 59.6 Å². The highest BCUT2D eigenvalue weighted by molar-refractivity contribution is 5.29. The Bertz CT molecular complexity index is 361. The van der Waals surface area contributed by atoms with Gasteiger partial charge in [0.1, 0.15) is 0 Å². The van der Waals surface area contributed by atoms with E-state index in [-0.39, 0.29) is 0 Å². The lowest BCUT2D eigenvalue weighted by atomic mass is 10.0. The van der Waals surface area contributed by atoms with Crippen LogP contribution >= 0.6 is 0 Å². The first-order valence-corrected chi connectivity index (χ1v) is 7.03. The Morgan fingerprint density at radius 2 is 1.94 bits per heavy atom. The lowest BCUT2D eigenvalue weighted by molar-refractivity contribution is 0.135. The number of aryl methyl sites for hydroxylation is 1. The van der Waals surface area contributed by atoms with E-state index in [1.165, 1.54) is 0 Å². The highest BCUT2D eigenvalue weighted by Gasteiger charge is 2.20. The molecule has 0 amide bonds. The van der Waals surface area contributed by atoms with Crippen LogP contribution in [0.5, 0.6) is 0 Å². The van der Waals surface area contributed by atoms with Gasteiger partial charge in [-0.05, 0) is 26.2 Å². The normalized spacial score (nSPS) is 12.9. The van der Waals surface area contributed by atoms with E-state index in [1.807, 2.05) is 18.5 Å². The predicted molar refractivity (Wildman–Crippen MR) is 72.7 cm³/mol. The van der Waals surface area contributed by atoms with Gasteiger partial charge in [0, 0.05) is 17.9 Å². The number of aromatic nitrogens is 2. The van der Waals surface area contributed by atoms with Crippen molar-refractivity contribution in [1.29, 1.82) is 0 Å². The summed E-state index contributed by atoms with van der Waals surface area (Å²) in [7, 11) is 0. The van der Waals surface area contributed by atoms with Crippen molar-refractivity contribution >= 4 is 0 Å². The van der Waals surface area contributed by atoms with Crippen LogP contribution < -0.4 is 0 Å². The quantitative estimate of drug-likeness (QED) is 0.725. The molecule has 1 atom stereocenters. The Hall–Kier alpha value is -0.870. The van der Waals surface area contributed by atoms with Gasteiger partial charge in [0.15, 0.2) is 0 Å². The summed E-state index contributed by atoms with van der Waals surface area (Å²) in [6.45, 7) is 10.4. The molecule has 1 aromatic rings. The fourth-order valence-electron chi connectivity index (χ4n) is 2.27. The fraction of sp³-hybridized carbons (Fsp3) is 0.786.